The minimum Gasteiger partial charge on any atom is -0.341 e. The molecule has 0 spiro atoms. The summed E-state index contributed by atoms with van der Waals surface area (Å²) in [4.78, 5) is 21.0. The van der Waals surface area contributed by atoms with Crippen molar-refractivity contribution >= 4 is 45.2 Å². The first-order chi connectivity index (χ1) is 13.3. The number of rotatable bonds is 4. The summed E-state index contributed by atoms with van der Waals surface area (Å²) in [6.45, 7) is 2.11. The van der Waals surface area contributed by atoms with Crippen molar-refractivity contribution < 1.29 is 0 Å². The molecule has 1 aromatic carbocycles. The van der Waals surface area contributed by atoms with Crippen molar-refractivity contribution in [3.8, 4) is 11.3 Å². The van der Waals surface area contributed by atoms with Crippen molar-refractivity contribution in [3.63, 3.8) is 0 Å². The van der Waals surface area contributed by atoms with Crippen LogP contribution in [0.3, 0.4) is 0 Å². The van der Waals surface area contributed by atoms with Crippen LogP contribution in [0.2, 0.25) is 0 Å². The number of fused-ring (bicyclic) bond motifs is 2. The number of thiophene rings is 1. The Morgan fingerprint density at radius 2 is 2.11 bits per heavy atom. The lowest BCUT2D eigenvalue weighted by Crippen LogP contribution is -1.95. The van der Waals surface area contributed by atoms with Crippen molar-refractivity contribution in [2.24, 2.45) is 0 Å². The zero-order valence-electron chi connectivity index (χ0n) is 14.5. The average Bonchev–Trinajstić information content (AvgIpc) is 3.38. The van der Waals surface area contributed by atoms with Gasteiger partial charge in [0, 0.05) is 22.1 Å². The van der Waals surface area contributed by atoms with E-state index in [1.54, 1.807) is 35.8 Å². The summed E-state index contributed by atoms with van der Waals surface area (Å²) in [5.74, 6) is 0.771. The molecule has 5 rings (SSSR count). The van der Waals surface area contributed by atoms with E-state index in [-0.39, 0.29) is 0 Å². The molecule has 0 aliphatic heterocycles. The van der Waals surface area contributed by atoms with Crippen LogP contribution in [0.25, 0.3) is 33.3 Å². The molecular weight excluding hydrogens is 374 g/mol. The van der Waals surface area contributed by atoms with E-state index in [9.17, 15) is 0 Å². The zero-order chi connectivity index (χ0) is 18.2. The number of nitrogens with one attached hydrogen (secondary N) is 1. The van der Waals surface area contributed by atoms with E-state index in [4.69, 9.17) is 4.98 Å². The Morgan fingerprint density at radius 1 is 1.15 bits per heavy atom. The lowest BCUT2D eigenvalue weighted by atomic mass is 10.0. The first kappa shape index (κ1) is 16.4. The Balaban J connectivity index is 1.59. The van der Waals surface area contributed by atoms with Gasteiger partial charge in [-0.1, -0.05) is 30.0 Å². The van der Waals surface area contributed by atoms with E-state index in [0.29, 0.717) is 5.65 Å². The molecule has 0 fully saturated rings. The van der Waals surface area contributed by atoms with Crippen LogP contribution in [0, 0.1) is 6.92 Å². The van der Waals surface area contributed by atoms with Crippen LogP contribution < -0.4 is 0 Å². The lowest BCUT2D eigenvalue weighted by Gasteiger charge is -2.11. The molecule has 0 unspecified atom stereocenters. The van der Waals surface area contributed by atoms with Crippen LogP contribution >= 0.6 is 23.1 Å². The minimum atomic E-state index is 0.692. The Labute approximate surface area is 163 Å². The Morgan fingerprint density at radius 3 is 3.00 bits per heavy atom. The van der Waals surface area contributed by atoms with E-state index in [1.807, 2.05) is 0 Å². The summed E-state index contributed by atoms with van der Waals surface area (Å²) < 4.78 is 0. The number of H-pyrrole nitrogens is 1. The van der Waals surface area contributed by atoms with Gasteiger partial charge in [0.15, 0.2) is 5.65 Å². The molecule has 7 heteroatoms. The first-order valence-electron chi connectivity index (χ1n) is 8.48. The minimum absolute atomic E-state index is 0.692. The second kappa shape index (κ2) is 6.75. The number of hydrogen-bond acceptors (Lipinski definition) is 6. The Kier molecular flexibility index (Phi) is 4.10. The van der Waals surface area contributed by atoms with E-state index in [2.05, 4.69) is 68.0 Å². The van der Waals surface area contributed by atoms with E-state index < -0.39 is 0 Å². The van der Waals surface area contributed by atoms with E-state index in [0.717, 1.165) is 33.1 Å². The third-order valence-corrected chi connectivity index (χ3v) is 6.20. The number of benzene rings is 1. The van der Waals surface area contributed by atoms with Crippen LogP contribution in [0.15, 0.2) is 58.8 Å². The van der Waals surface area contributed by atoms with Gasteiger partial charge < -0.3 is 4.98 Å². The van der Waals surface area contributed by atoms with Gasteiger partial charge in [-0.2, -0.15) is 11.3 Å². The average molecular weight is 390 g/mol. The zero-order valence-corrected chi connectivity index (χ0v) is 16.1. The summed E-state index contributed by atoms with van der Waals surface area (Å²) in [5.41, 5.74) is 7.23. The number of aromatic nitrogens is 5. The van der Waals surface area contributed by atoms with Crippen molar-refractivity contribution in [2.75, 3.05) is 0 Å². The number of imidazole rings is 1. The van der Waals surface area contributed by atoms with Crippen LogP contribution in [-0.4, -0.2) is 24.9 Å². The van der Waals surface area contributed by atoms with Gasteiger partial charge in [-0.3, -0.25) is 0 Å². The molecule has 0 radical (unpaired) electrons. The van der Waals surface area contributed by atoms with Gasteiger partial charge in [0.1, 0.15) is 16.9 Å². The first-order valence-corrected chi connectivity index (χ1v) is 10.4. The predicted octanol–water partition coefficient (Wildman–Crippen LogP) is 5.23. The highest BCUT2D eigenvalue weighted by atomic mass is 32.2. The number of pyridine rings is 1. The molecule has 132 valence electrons. The van der Waals surface area contributed by atoms with E-state index >= 15 is 0 Å². The quantitative estimate of drug-likeness (QED) is 0.337. The number of hydrogen-bond donors (Lipinski definition) is 1. The molecule has 5 nitrogen and oxygen atoms in total. The van der Waals surface area contributed by atoms with Gasteiger partial charge in [-0.25, -0.2) is 19.9 Å². The highest BCUT2D eigenvalue weighted by Crippen LogP contribution is 2.33. The number of aryl methyl sites for hydroxylation is 1. The normalized spacial score (nSPS) is 11.4. The van der Waals surface area contributed by atoms with Gasteiger partial charge in [0.05, 0.1) is 17.5 Å². The molecule has 0 amide bonds. The van der Waals surface area contributed by atoms with E-state index in [1.165, 1.54) is 16.5 Å². The number of para-hydroxylation sites is 1. The molecule has 0 saturated carbocycles. The predicted molar refractivity (Wildman–Crippen MR) is 111 cm³/mol. The van der Waals surface area contributed by atoms with Crippen molar-refractivity contribution in [1.29, 1.82) is 0 Å². The maximum absolute atomic E-state index is 5.02. The molecule has 0 saturated heterocycles. The van der Waals surface area contributed by atoms with Crippen molar-refractivity contribution in [1.82, 2.24) is 24.9 Å². The third-order valence-electron chi connectivity index (χ3n) is 4.47. The molecule has 4 aromatic heterocycles. The fraction of sp³-hybridized carbons (Fsp3) is 0.100. The van der Waals surface area contributed by atoms with Gasteiger partial charge >= 0.3 is 0 Å². The smallest absolute Gasteiger partial charge is 0.181 e. The molecular formula is C20H15N5S2. The number of nitrogens with zero attached hydrogens (tertiary/aromatic N) is 4. The molecule has 5 aromatic rings. The Bertz CT molecular complexity index is 1240. The summed E-state index contributed by atoms with van der Waals surface area (Å²) in [6.07, 6.45) is 3.22. The largest absolute Gasteiger partial charge is 0.341 e. The highest BCUT2D eigenvalue weighted by Gasteiger charge is 2.13. The van der Waals surface area contributed by atoms with Crippen molar-refractivity contribution in [2.45, 2.75) is 17.7 Å². The molecule has 0 atom stereocenters. The van der Waals surface area contributed by atoms with Gasteiger partial charge in [0.2, 0.25) is 0 Å². The molecule has 1 N–H and O–H groups in total. The van der Waals surface area contributed by atoms with Crippen LogP contribution in [0.4, 0.5) is 0 Å². The van der Waals surface area contributed by atoms with Gasteiger partial charge in [0.25, 0.3) is 0 Å². The standard InChI is InChI=1S/C20H15N5S2/c1-12-3-2-4-13-7-15(17(25-16(12)13)14-5-6-26-8-14)9-27-20-18-19(22-10-21-18)23-11-24-20/h2-8,10-11H,9H2,1H3,(H,21,22,23,24). The molecule has 0 bridgehead atoms. The van der Waals surface area contributed by atoms with Gasteiger partial charge in [-0.15, -0.1) is 0 Å². The maximum atomic E-state index is 5.02. The highest BCUT2D eigenvalue weighted by molar-refractivity contribution is 7.98. The summed E-state index contributed by atoms with van der Waals surface area (Å²) in [7, 11) is 0. The van der Waals surface area contributed by atoms with Crippen LogP contribution in [0.5, 0.6) is 0 Å². The summed E-state index contributed by atoms with van der Waals surface area (Å²) in [5, 5.41) is 6.31. The fourth-order valence-electron chi connectivity index (χ4n) is 3.15. The molecule has 27 heavy (non-hydrogen) atoms. The summed E-state index contributed by atoms with van der Waals surface area (Å²) in [6, 6.07) is 10.7. The van der Waals surface area contributed by atoms with Gasteiger partial charge in [-0.05, 0) is 35.6 Å². The van der Waals surface area contributed by atoms with Crippen LogP contribution in [0.1, 0.15) is 11.1 Å². The lowest BCUT2D eigenvalue weighted by molar-refractivity contribution is 1.08. The Hall–Kier alpha value is -2.77. The fourth-order valence-corrected chi connectivity index (χ4v) is 4.72. The topological polar surface area (TPSA) is 67.3 Å². The summed E-state index contributed by atoms with van der Waals surface area (Å²) >= 11 is 3.36. The molecule has 0 aliphatic carbocycles. The third kappa shape index (κ3) is 2.98. The number of aromatic amines is 1. The van der Waals surface area contributed by atoms with Crippen LogP contribution in [-0.2, 0) is 5.75 Å². The SMILES string of the molecule is Cc1cccc2cc(CSc3ncnc4nc[nH]c34)c(-c3ccsc3)nc12. The second-order valence-electron chi connectivity index (χ2n) is 6.22. The molecule has 0 aliphatic rings. The maximum Gasteiger partial charge on any atom is 0.181 e. The monoisotopic (exact) mass is 389 g/mol. The number of thioether (sulfide) groups is 1. The second-order valence-corrected chi connectivity index (χ2v) is 7.97. The van der Waals surface area contributed by atoms with Crippen molar-refractivity contribution in [3.05, 3.63) is 64.9 Å². The molecule has 4 heterocycles.